The van der Waals surface area contributed by atoms with E-state index in [9.17, 15) is 4.79 Å². The lowest BCUT2D eigenvalue weighted by atomic mass is 10.0. The number of urea groups is 1. The highest BCUT2D eigenvalue weighted by Crippen LogP contribution is 2.29. The van der Waals surface area contributed by atoms with E-state index < -0.39 is 0 Å². The van der Waals surface area contributed by atoms with Crippen LogP contribution in [0.4, 0.5) is 4.79 Å². The lowest BCUT2D eigenvalue weighted by molar-refractivity contribution is 0.0580. The first-order valence-corrected chi connectivity index (χ1v) is 10.3. The zero-order valence-electron chi connectivity index (χ0n) is 18.8. The fourth-order valence-electron chi connectivity index (χ4n) is 3.38. The fraction of sp³-hybridized carbons (Fsp3) is 0.417. The average molecular weight is 426 g/mol. The summed E-state index contributed by atoms with van der Waals surface area (Å²) in [5.41, 5.74) is 2.46. The van der Waals surface area contributed by atoms with Gasteiger partial charge in [0.1, 0.15) is 0 Å². The molecular weight excluding hydrogens is 394 g/mol. The van der Waals surface area contributed by atoms with Crippen molar-refractivity contribution in [2.75, 3.05) is 20.8 Å². The Kier molecular flexibility index (Phi) is 7.05. The minimum atomic E-state index is -0.330. The van der Waals surface area contributed by atoms with E-state index in [0.717, 1.165) is 16.8 Å². The van der Waals surface area contributed by atoms with Gasteiger partial charge >= 0.3 is 6.03 Å². The number of carbonyl (C=O) groups is 1. The molecule has 7 heteroatoms. The Morgan fingerprint density at radius 3 is 2.48 bits per heavy atom. The minimum absolute atomic E-state index is 0.125. The lowest BCUT2D eigenvalue weighted by Gasteiger charge is -2.29. The second-order valence-corrected chi connectivity index (χ2v) is 8.59. The maximum absolute atomic E-state index is 12.9. The number of benzene rings is 2. The van der Waals surface area contributed by atoms with Crippen LogP contribution in [0.15, 0.2) is 53.7 Å². The molecule has 1 unspecified atom stereocenters. The predicted octanol–water partition coefficient (Wildman–Crippen LogP) is 4.21. The van der Waals surface area contributed by atoms with Gasteiger partial charge in [0.25, 0.3) is 0 Å². The molecule has 7 nitrogen and oxygen atoms in total. The number of ether oxygens (including phenoxy) is 2. The Bertz CT molecular complexity index is 922. The van der Waals surface area contributed by atoms with E-state index in [4.69, 9.17) is 14.3 Å². The van der Waals surface area contributed by atoms with Crippen LogP contribution < -0.4 is 14.8 Å². The summed E-state index contributed by atoms with van der Waals surface area (Å²) in [7, 11) is 3.21. The van der Waals surface area contributed by atoms with Crippen LogP contribution in [0.25, 0.3) is 0 Å². The summed E-state index contributed by atoms with van der Waals surface area (Å²) in [6.45, 7) is 6.83. The Morgan fingerprint density at radius 1 is 1.13 bits per heavy atom. The van der Waals surface area contributed by atoms with E-state index in [1.54, 1.807) is 19.1 Å². The van der Waals surface area contributed by atoms with Crippen LogP contribution in [-0.2, 0) is 11.4 Å². The van der Waals surface area contributed by atoms with E-state index in [2.05, 4.69) is 10.5 Å². The Morgan fingerprint density at radius 2 is 1.84 bits per heavy atom. The summed E-state index contributed by atoms with van der Waals surface area (Å²) in [5, 5.41) is 7.32. The van der Waals surface area contributed by atoms with Gasteiger partial charge in [0.15, 0.2) is 17.6 Å². The lowest BCUT2D eigenvalue weighted by Crippen LogP contribution is -2.50. The quantitative estimate of drug-likeness (QED) is 0.721. The molecule has 1 aliphatic heterocycles. The molecule has 0 radical (unpaired) electrons. The summed E-state index contributed by atoms with van der Waals surface area (Å²) < 4.78 is 10.7. The van der Waals surface area contributed by atoms with Crippen LogP contribution in [0.3, 0.4) is 0 Å². The summed E-state index contributed by atoms with van der Waals surface area (Å²) >= 11 is 0. The number of carbonyl (C=O) groups excluding carboxylic acids is 1. The molecule has 2 aromatic carbocycles. The standard InChI is InChI=1S/C24H31N3O4/c1-24(2,3)25-23(28)27(15-17-9-7-6-8-10-17)16-19-14-20(26-31-19)18-11-12-21(29-4)22(13-18)30-5/h6-13,19H,14-16H2,1-5H3,(H,25,28). The van der Waals surface area contributed by atoms with Crippen molar-refractivity contribution in [3.63, 3.8) is 0 Å². The summed E-state index contributed by atoms with van der Waals surface area (Å²) in [6, 6.07) is 15.5. The number of nitrogens with zero attached hydrogens (tertiary/aromatic N) is 2. The predicted molar refractivity (Wildman–Crippen MR) is 121 cm³/mol. The van der Waals surface area contributed by atoms with E-state index in [1.165, 1.54) is 0 Å². The molecule has 3 rings (SSSR count). The average Bonchev–Trinajstić information content (AvgIpc) is 3.21. The molecule has 0 aromatic heterocycles. The molecule has 31 heavy (non-hydrogen) atoms. The zero-order chi connectivity index (χ0) is 22.4. The third-order valence-corrected chi connectivity index (χ3v) is 4.86. The molecule has 0 bridgehead atoms. The van der Waals surface area contributed by atoms with Crippen molar-refractivity contribution in [3.8, 4) is 11.5 Å². The number of oxime groups is 1. The summed E-state index contributed by atoms with van der Waals surface area (Å²) in [5.74, 6) is 1.30. The van der Waals surface area contributed by atoms with Crippen molar-refractivity contribution in [2.24, 2.45) is 5.16 Å². The van der Waals surface area contributed by atoms with Crippen molar-refractivity contribution < 1.29 is 19.1 Å². The zero-order valence-corrected chi connectivity index (χ0v) is 18.8. The molecule has 2 aromatic rings. The first kappa shape index (κ1) is 22.5. The smallest absolute Gasteiger partial charge is 0.318 e. The molecule has 166 valence electrons. The largest absolute Gasteiger partial charge is 0.493 e. The molecule has 1 N–H and O–H groups in total. The topological polar surface area (TPSA) is 72.4 Å². The van der Waals surface area contributed by atoms with Crippen molar-refractivity contribution in [3.05, 3.63) is 59.7 Å². The summed E-state index contributed by atoms with van der Waals surface area (Å²) in [6.07, 6.45) is 0.376. The van der Waals surface area contributed by atoms with E-state index in [-0.39, 0.29) is 17.7 Å². The second kappa shape index (κ2) is 9.73. The molecule has 2 amide bonds. The molecule has 1 heterocycles. The first-order valence-electron chi connectivity index (χ1n) is 10.3. The third kappa shape index (κ3) is 6.13. The molecule has 0 spiro atoms. The maximum Gasteiger partial charge on any atom is 0.318 e. The molecule has 0 saturated heterocycles. The second-order valence-electron chi connectivity index (χ2n) is 8.59. The normalized spacial score (nSPS) is 15.6. The van der Waals surface area contributed by atoms with Gasteiger partial charge in [-0.25, -0.2) is 4.79 Å². The third-order valence-electron chi connectivity index (χ3n) is 4.86. The molecular formula is C24H31N3O4. The summed E-state index contributed by atoms with van der Waals surface area (Å²) in [4.78, 5) is 20.4. The number of hydrogen-bond donors (Lipinski definition) is 1. The van der Waals surface area contributed by atoms with Crippen LogP contribution in [0, 0.1) is 0 Å². The molecule has 1 aliphatic rings. The van der Waals surface area contributed by atoms with Gasteiger partial charge in [-0.2, -0.15) is 0 Å². The van der Waals surface area contributed by atoms with E-state index in [0.29, 0.717) is 31.0 Å². The SMILES string of the molecule is COc1ccc(C2=NOC(CN(Cc3ccccc3)C(=O)NC(C)(C)C)C2)cc1OC. The van der Waals surface area contributed by atoms with Gasteiger partial charge in [-0.1, -0.05) is 35.5 Å². The van der Waals surface area contributed by atoms with Crippen LogP contribution >= 0.6 is 0 Å². The van der Waals surface area contributed by atoms with Crippen molar-refractivity contribution in [1.29, 1.82) is 0 Å². The molecule has 1 atom stereocenters. The van der Waals surface area contributed by atoms with Gasteiger partial charge in [0.2, 0.25) is 0 Å². The number of hydrogen-bond acceptors (Lipinski definition) is 5. The van der Waals surface area contributed by atoms with Gasteiger partial charge in [0.05, 0.1) is 26.5 Å². The Labute approximate surface area is 184 Å². The highest BCUT2D eigenvalue weighted by atomic mass is 16.6. The molecule has 0 fully saturated rings. The van der Waals surface area contributed by atoms with Crippen LogP contribution in [0.2, 0.25) is 0 Å². The Hall–Kier alpha value is -3.22. The molecule has 0 saturated carbocycles. The van der Waals surface area contributed by atoms with Gasteiger partial charge < -0.3 is 24.5 Å². The van der Waals surface area contributed by atoms with Crippen LogP contribution in [0.5, 0.6) is 11.5 Å². The van der Waals surface area contributed by atoms with Gasteiger partial charge in [-0.05, 0) is 44.5 Å². The van der Waals surface area contributed by atoms with E-state index in [1.807, 2.05) is 69.3 Å². The minimum Gasteiger partial charge on any atom is -0.493 e. The van der Waals surface area contributed by atoms with Crippen LogP contribution in [0.1, 0.15) is 38.3 Å². The van der Waals surface area contributed by atoms with E-state index >= 15 is 0 Å². The monoisotopic (exact) mass is 425 g/mol. The highest BCUT2D eigenvalue weighted by Gasteiger charge is 2.28. The van der Waals surface area contributed by atoms with Gasteiger partial charge in [-0.3, -0.25) is 0 Å². The number of nitrogens with one attached hydrogen (secondary N) is 1. The van der Waals surface area contributed by atoms with Crippen molar-refractivity contribution >= 4 is 11.7 Å². The highest BCUT2D eigenvalue weighted by molar-refractivity contribution is 6.01. The van der Waals surface area contributed by atoms with Crippen molar-refractivity contribution in [1.82, 2.24) is 10.2 Å². The maximum atomic E-state index is 12.9. The Balaban J connectivity index is 1.70. The van der Waals surface area contributed by atoms with Crippen molar-refractivity contribution in [2.45, 2.75) is 45.4 Å². The molecule has 0 aliphatic carbocycles. The number of rotatable bonds is 7. The number of methoxy groups -OCH3 is 2. The van der Waals surface area contributed by atoms with Gasteiger partial charge in [0, 0.05) is 24.1 Å². The first-order chi connectivity index (χ1) is 14.8. The van der Waals surface area contributed by atoms with Gasteiger partial charge in [-0.15, -0.1) is 0 Å². The van der Waals surface area contributed by atoms with Crippen LogP contribution in [-0.4, -0.2) is 49.0 Å². The number of amides is 2. The fourth-order valence-corrected chi connectivity index (χ4v) is 3.38.